The first-order valence-corrected chi connectivity index (χ1v) is 11.8. The van der Waals surface area contributed by atoms with Gasteiger partial charge in [-0.1, -0.05) is 90.6 Å². The standard InChI is InChI=1S/C26H23S2/c1-4-10-22(11-5-1)20-28(21-23-12-6-2-7-13-23)26-18-16-25(17-19-26)27-24-14-8-3-9-15-24/h1-19H,20-21H2/q+1. The zero-order chi connectivity index (χ0) is 19.0. The quantitative estimate of drug-likeness (QED) is 0.296. The van der Waals surface area contributed by atoms with Crippen LogP contribution in [0.5, 0.6) is 0 Å². The summed E-state index contributed by atoms with van der Waals surface area (Å²) in [6.07, 6.45) is 0. The zero-order valence-electron chi connectivity index (χ0n) is 15.7. The van der Waals surface area contributed by atoms with Gasteiger partial charge in [-0.2, -0.15) is 0 Å². The largest absolute Gasteiger partial charge is 0.155 e. The van der Waals surface area contributed by atoms with Crippen LogP contribution in [-0.4, -0.2) is 0 Å². The van der Waals surface area contributed by atoms with Gasteiger partial charge in [0, 0.05) is 31.8 Å². The lowest BCUT2D eigenvalue weighted by Crippen LogP contribution is -2.09. The minimum atomic E-state index is 0.146. The Labute approximate surface area is 175 Å². The fourth-order valence-corrected chi connectivity index (χ4v) is 6.08. The molecule has 0 aliphatic rings. The van der Waals surface area contributed by atoms with E-state index in [1.807, 2.05) is 11.8 Å². The predicted molar refractivity (Wildman–Crippen MR) is 123 cm³/mol. The smallest absolute Gasteiger partial charge is 0.0901 e. The molecule has 4 rings (SSSR count). The van der Waals surface area contributed by atoms with Gasteiger partial charge in [0.2, 0.25) is 0 Å². The Balaban J connectivity index is 1.54. The molecule has 0 bridgehead atoms. The van der Waals surface area contributed by atoms with Crippen LogP contribution in [0.3, 0.4) is 0 Å². The van der Waals surface area contributed by atoms with Crippen molar-refractivity contribution in [3.8, 4) is 0 Å². The molecule has 0 fully saturated rings. The molecule has 0 amide bonds. The van der Waals surface area contributed by atoms with Gasteiger partial charge in [-0.15, -0.1) is 0 Å². The van der Waals surface area contributed by atoms with Gasteiger partial charge in [-0.05, 0) is 36.4 Å². The van der Waals surface area contributed by atoms with Gasteiger partial charge in [-0.3, -0.25) is 0 Å². The molecule has 138 valence electrons. The normalized spacial score (nSPS) is 10.9. The fraction of sp³-hybridized carbons (Fsp3) is 0.0769. The minimum Gasteiger partial charge on any atom is -0.0901 e. The molecule has 4 aromatic rings. The maximum Gasteiger partial charge on any atom is 0.155 e. The van der Waals surface area contributed by atoms with Crippen molar-refractivity contribution in [2.75, 3.05) is 0 Å². The molecule has 0 saturated heterocycles. The van der Waals surface area contributed by atoms with Crippen LogP contribution in [-0.2, 0) is 22.4 Å². The van der Waals surface area contributed by atoms with Crippen LogP contribution in [0.2, 0.25) is 0 Å². The molecule has 0 aliphatic heterocycles. The number of rotatable bonds is 7. The van der Waals surface area contributed by atoms with Gasteiger partial charge in [0.1, 0.15) is 11.5 Å². The number of benzene rings is 4. The van der Waals surface area contributed by atoms with Crippen molar-refractivity contribution < 1.29 is 0 Å². The molecule has 4 aromatic carbocycles. The Morgan fingerprint density at radius 3 is 1.39 bits per heavy atom. The van der Waals surface area contributed by atoms with Crippen molar-refractivity contribution in [3.63, 3.8) is 0 Å². The molecule has 0 aliphatic carbocycles. The summed E-state index contributed by atoms with van der Waals surface area (Å²) < 4.78 is 0. The van der Waals surface area contributed by atoms with Crippen LogP contribution >= 0.6 is 11.8 Å². The third-order valence-electron chi connectivity index (χ3n) is 4.50. The van der Waals surface area contributed by atoms with E-state index in [1.165, 1.54) is 25.8 Å². The van der Waals surface area contributed by atoms with Crippen LogP contribution < -0.4 is 0 Å². The third-order valence-corrected chi connectivity index (χ3v) is 7.82. The summed E-state index contributed by atoms with van der Waals surface area (Å²) in [4.78, 5) is 4.01. The molecule has 0 heterocycles. The fourth-order valence-electron chi connectivity index (χ4n) is 3.09. The minimum absolute atomic E-state index is 0.146. The Hall–Kier alpha value is -2.42. The van der Waals surface area contributed by atoms with Crippen LogP contribution in [0.15, 0.2) is 130 Å². The predicted octanol–water partition coefficient (Wildman–Crippen LogP) is 7.22. The van der Waals surface area contributed by atoms with E-state index in [2.05, 4.69) is 115 Å². The lowest BCUT2D eigenvalue weighted by Gasteiger charge is -2.10. The van der Waals surface area contributed by atoms with Crippen molar-refractivity contribution in [2.24, 2.45) is 0 Å². The molecule has 0 radical (unpaired) electrons. The van der Waals surface area contributed by atoms with Gasteiger partial charge in [0.25, 0.3) is 0 Å². The summed E-state index contributed by atoms with van der Waals surface area (Å²) in [5, 5.41) is 0. The van der Waals surface area contributed by atoms with Crippen molar-refractivity contribution in [1.82, 2.24) is 0 Å². The molecule has 0 spiro atoms. The second kappa shape index (κ2) is 9.68. The second-order valence-corrected chi connectivity index (χ2v) is 9.82. The Morgan fingerprint density at radius 1 is 0.464 bits per heavy atom. The molecule has 28 heavy (non-hydrogen) atoms. The van der Waals surface area contributed by atoms with E-state index in [9.17, 15) is 0 Å². The Kier molecular flexibility index (Phi) is 6.54. The van der Waals surface area contributed by atoms with Crippen molar-refractivity contribution in [2.45, 2.75) is 26.2 Å². The van der Waals surface area contributed by atoms with Gasteiger partial charge in [0.05, 0.1) is 0 Å². The maximum atomic E-state index is 2.32. The molecule has 0 aromatic heterocycles. The molecule has 0 saturated carbocycles. The molecule has 0 nitrogen and oxygen atoms in total. The van der Waals surface area contributed by atoms with Crippen LogP contribution in [0.25, 0.3) is 0 Å². The van der Waals surface area contributed by atoms with E-state index in [-0.39, 0.29) is 10.9 Å². The Morgan fingerprint density at radius 2 is 0.893 bits per heavy atom. The lowest BCUT2D eigenvalue weighted by atomic mass is 10.2. The topological polar surface area (TPSA) is 0 Å². The van der Waals surface area contributed by atoms with E-state index < -0.39 is 0 Å². The highest BCUT2D eigenvalue weighted by Crippen LogP contribution is 2.30. The van der Waals surface area contributed by atoms with E-state index >= 15 is 0 Å². The first kappa shape index (κ1) is 18.9. The summed E-state index contributed by atoms with van der Waals surface area (Å²) >= 11 is 1.82. The van der Waals surface area contributed by atoms with Crippen LogP contribution in [0.1, 0.15) is 11.1 Å². The van der Waals surface area contributed by atoms with E-state index in [0.29, 0.717) is 0 Å². The summed E-state index contributed by atoms with van der Waals surface area (Å²) in [6, 6.07) is 41.4. The van der Waals surface area contributed by atoms with Gasteiger partial charge >= 0.3 is 0 Å². The van der Waals surface area contributed by atoms with E-state index in [4.69, 9.17) is 0 Å². The zero-order valence-corrected chi connectivity index (χ0v) is 17.3. The molecular formula is C26H23S2+. The van der Waals surface area contributed by atoms with Gasteiger partial charge in [-0.25, -0.2) is 0 Å². The lowest BCUT2D eigenvalue weighted by molar-refractivity contribution is 1.27. The summed E-state index contributed by atoms with van der Waals surface area (Å²) in [7, 11) is 0.146. The molecule has 0 unspecified atom stereocenters. The highest BCUT2D eigenvalue weighted by Gasteiger charge is 2.23. The summed E-state index contributed by atoms with van der Waals surface area (Å²) in [6.45, 7) is 0. The summed E-state index contributed by atoms with van der Waals surface area (Å²) in [5.41, 5.74) is 2.81. The van der Waals surface area contributed by atoms with E-state index in [1.54, 1.807) is 0 Å². The second-order valence-electron chi connectivity index (χ2n) is 6.64. The highest BCUT2D eigenvalue weighted by molar-refractivity contribution is 7.99. The SMILES string of the molecule is c1ccc(C[S+](Cc2ccccc2)c2ccc(Sc3ccccc3)cc2)cc1. The van der Waals surface area contributed by atoms with Crippen LogP contribution in [0.4, 0.5) is 0 Å². The summed E-state index contributed by atoms with van der Waals surface area (Å²) in [5.74, 6) is 2.17. The van der Waals surface area contributed by atoms with Crippen molar-refractivity contribution in [1.29, 1.82) is 0 Å². The monoisotopic (exact) mass is 399 g/mol. The third kappa shape index (κ3) is 5.31. The number of hydrogen-bond donors (Lipinski definition) is 0. The first-order chi connectivity index (χ1) is 13.9. The highest BCUT2D eigenvalue weighted by atomic mass is 32.2. The average molecular weight is 400 g/mol. The maximum absolute atomic E-state index is 2.32. The molecule has 0 atom stereocenters. The van der Waals surface area contributed by atoms with Gasteiger partial charge in [0.15, 0.2) is 4.90 Å². The first-order valence-electron chi connectivity index (χ1n) is 9.45. The van der Waals surface area contributed by atoms with Crippen molar-refractivity contribution in [3.05, 3.63) is 126 Å². The molecule has 2 heteroatoms. The molecule has 0 N–H and O–H groups in total. The number of hydrogen-bond acceptors (Lipinski definition) is 1. The Bertz CT molecular complexity index is 924. The van der Waals surface area contributed by atoms with E-state index in [0.717, 1.165) is 11.5 Å². The molecular weight excluding hydrogens is 376 g/mol. The van der Waals surface area contributed by atoms with Crippen molar-refractivity contribution >= 4 is 22.7 Å². The average Bonchev–Trinajstić information content (AvgIpc) is 2.76. The van der Waals surface area contributed by atoms with Gasteiger partial charge < -0.3 is 0 Å². The van der Waals surface area contributed by atoms with Crippen LogP contribution in [0, 0.1) is 0 Å².